The Labute approximate surface area is 201 Å². The molecule has 3 aromatic heterocycles. The summed E-state index contributed by atoms with van der Waals surface area (Å²) in [6, 6.07) is 9.42. The highest BCUT2D eigenvalue weighted by atomic mass is 16.1. The van der Waals surface area contributed by atoms with Crippen LogP contribution >= 0.6 is 0 Å². The molecule has 0 saturated heterocycles. The Bertz CT molecular complexity index is 1430. The predicted molar refractivity (Wildman–Crippen MR) is 132 cm³/mol. The molecule has 1 aromatic carbocycles. The first-order valence-electron chi connectivity index (χ1n) is 11.1. The third kappa shape index (κ3) is 4.21. The van der Waals surface area contributed by atoms with Crippen molar-refractivity contribution in [1.82, 2.24) is 40.2 Å². The molecule has 3 N–H and O–H groups in total. The van der Waals surface area contributed by atoms with Crippen LogP contribution in [-0.4, -0.2) is 54.9 Å². The molecule has 0 bridgehead atoms. The average Bonchev–Trinajstić information content (AvgIpc) is 3.18. The molecule has 35 heavy (non-hydrogen) atoms. The van der Waals surface area contributed by atoms with E-state index in [4.69, 9.17) is 0 Å². The van der Waals surface area contributed by atoms with Crippen molar-refractivity contribution in [3.05, 3.63) is 59.2 Å². The number of carbonyl (C=O) groups excluding carboxylic acids is 1. The molecule has 0 fully saturated rings. The molecule has 0 spiro atoms. The highest BCUT2D eigenvalue weighted by Crippen LogP contribution is 2.38. The Kier molecular flexibility index (Phi) is 5.47. The fourth-order valence-electron chi connectivity index (χ4n) is 4.14. The van der Waals surface area contributed by atoms with E-state index in [2.05, 4.69) is 51.1 Å². The predicted octanol–water partition coefficient (Wildman–Crippen LogP) is 2.57. The van der Waals surface area contributed by atoms with E-state index in [-0.39, 0.29) is 11.6 Å². The lowest BCUT2D eigenvalue weighted by molar-refractivity contribution is 0.0958. The maximum Gasteiger partial charge on any atom is 0.273 e. The third-order valence-electron chi connectivity index (χ3n) is 5.51. The van der Waals surface area contributed by atoms with Crippen LogP contribution in [0.5, 0.6) is 0 Å². The molecule has 4 heterocycles. The van der Waals surface area contributed by atoms with E-state index < -0.39 is 0 Å². The number of carbonyl (C=O) groups is 1. The van der Waals surface area contributed by atoms with Crippen molar-refractivity contribution < 1.29 is 4.79 Å². The van der Waals surface area contributed by atoms with Crippen molar-refractivity contribution in [2.75, 3.05) is 29.6 Å². The summed E-state index contributed by atoms with van der Waals surface area (Å²) in [6.07, 6.45) is 0. The van der Waals surface area contributed by atoms with Gasteiger partial charge in [-0.25, -0.2) is 19.6 Å². The van der Waals surface area contributed by atoms with E-state index in [1.165, 1.54) is 0 Å². The number of aryl methyl sites for hydroxylation is 3. The second kappa shape index (κ2) is 8.63. The van der Waals surface area contributed by atoms with Gasteiger partial charge in [-0.15, -0.1) is 10.2 Å². The van der Waals surface area contributed by atoms with Crippen LogP contribution in [0.25, 0.3) is 5.69 Å². The van der Waals surface area contributed by atoms with Gasteiger partial charge in [0.15, 0.2) is 17.3 Å². The quantitative estimate of drug-likeness (QED) is 0.398. The summed E-state index contributed by atoms with van der Waals surface area (Å²) >= 11 is 0. The number of rotatable bonds is 5. The van der Waals surface area contributed by atoms with Crippen molar-refractivity contribution in [1.29, 1.82) is 0 Å². The molecule has 0 radical (unpaired) electrons. The zero-order valence-electron chi connectivity index (χ0n) is 20.1. The SMILES string of the molecule is CNC(=O)c1nnc(Nc2cc(C)nc(C)n2)cc1Nc1cccc2c1N(C)Cc1nc(C)nn1-2. The topological polar surface area (TPSA) is 139 Å². The van der Waals surface area contributed by atoms with Gasteiger partial charge in [0, 0.05) is 31.9 Å². The number of aromatic nitrogens is 7. The molecule has 4 aromatic rings. The molecule has 0 aliphatic carbocycles. The van der Waals surface area contributed by atoms with Crippen LogP contribution in [0.4, 0.5) is 28.7 Å². The average molecular weight is 472 g/mol. The number of anilines is 5. The second-order valence-electron chi connectivity index (χ2n) is 8.28. The van der Waals surface area contributed by atoms with E-state index in [1.807, 2.05) is 56.8 Å². The summed E-state index contributed by atoms with van der Waals surface area (Å²) in [5.74, 6) is 2.90. The molecule has 0 unspecified atom stereocenters. The second-order valence-corrected chi connectivity index (χ2v) is 8.28. The largest absolute Gasteiger partial charge is 0.364 e. The number of hydrogen-bond donors (Lipinski definition) is 3. The number of benzene rings is 1. The molecule has 12 nitrogen and oxygen atoms in total. The van der Waals surface area contributed by atoms with Crippen LogP contribution in [-0.2, 0) is 6.54 Å². The van der Waals surface area contributed by atoms with E-state index in [9.17, 15) is 4.79 Å². The van der Waals surface area contributed by atoms with E-state index in [0.29, 0.717) is 35.5 Å². The summed E-state index contributed by atoms with van der Waals surface area (Å²) in [5, 5.41) is 22.1. The van der Waals surface area contributed by atoms with Crippen molar-refractivity contribution in [3.63, 3.8) is 0 Å². The molecule has 1 amide bonds. The highest BCUT2D eigenvalue weighted by molar-refractivity contribution is 5.99. The zero-order chi connectivity index (χ0) is 24.7. The first-order valence-corrected chi connectivity index (χ1v) is 11.1. The van der Waals surface area contributed by atoms with E-state index in [1.54, 1.807) is 13.1 Å². The van der Waals surface area contributed by atoms with Crippen LogP contribution in [0, 0.1) is 20.8 Å². The van der Waals surface area contributed by atoms with Gasteiger partial charge in [0.1, 0.15) is 17.5 Å². The van der Waals surface area contributed by atoms with E-state index >= 15 is 0 Å². The standard InChI is InChI=1S/C23H25N11O/c1-12-9-18(26-13(2)25-12)29-19-10-16(21(31-30-19)23(35)24-4)28-15-7-6-8-17-22(15)33(5)11-20-27-14(3)32-34(17)20/h6-10H,11H2,1-5H3,(H,24,35)(H2,25,26,28,29,30). The summed E-state index contributed by atoms with van der Waals surface area (Å²) in [7, 11) is 3.55. The minimum Gasteiger partial charge on any atom is -0.364 e. The third-order valence-corrected chi connectivity index (χ3v) is 5.51. The minimum atomic E-state index is -0.354. The van der Waals surface area contributed by atoms with Gasteiger partial charge < -0.3 is 20.9 Å². The lowest BCUT2D eigenvalue weighted by atomic mass is 10.1. The van der Waals surface area contributed by atoms with Crippen molar-refractivity contribution in [2.45, 2.75) is 27.3 Å². The Morgan fingerprint density at radius 3 is 2.54 bits per heavy atom. The molecular weight excluding hydrogens is 446 g/mol. The minimum absolute atomic E-state index is 0.168. The number of nitrogens with zero attached hydrogens (tertiary/aromatic N) is 8. The van der Waals surface area contributed by atoms with Gasteiger partial charge in [-0.05, 0) is 32.9 Å². The maximum absolute atomic E-state index is 12.6. The van der Waals surface area contributed by atoms with Gasteiger partial charge in [0.05, 0.1) is 29.3 Å². The van der Waals surface area contributed by atoms with Gasteiger partial charge in [-0.3, -0.25) is 4.79 Å². The van der Waals surface area contributed by atoms with Gasteiger partial charge in [-0.2, -0.15) is 5.10 Å². The number of nitrogens with one attached hydrogen (secondary N) is 3. The summed E-state index contributed by atoms with van der Waals surface area (Å²) in [6.45, 7) is 6.19. The number of fused-ring (bicyclic) bond motifs is 3. The molecule has 178 valence electrons. The van der Waals surface area contributed by atoms with Crippen LogP contribution < -0.4 is 20.9 Å². The Balaban J connectivity index is 1.56. The smallest absolute Gasteiger partial charge is 0.273 e. The number of amides is 1. The summed E-state index contributed by atoms with van der Waals surface area (Å²) < 4.78 is 1.85. The van der Waals surface area contributed by atoms with Crippen LogP contribution in [0.3, 0.4) is 0 Å². The lowest BCUT2D eigenvalue weighted by Crippen LogP contribution is -2.27. The molecule has 1 aliphatic heterocycles. The lowest BCUT2D eigenvalue weighted by Gasteiger charge is -2.29. The normalized spacial score (nSPS) is 12.1. The number of hydrogen-bond acceptors (Lipinski definition) is 10. The Hall–Kier alpha value is -4.61. The molecule has 12 heteroatoms. The summed E-state index contributed by atoms with van der Waals surface area (Å²) in [5.41, 5.74) is 4.11. The molecule has 0 atom stereocenters. The zero-order valence-corrected chi connectivity index (χ0v) is 20.1. The van der Waals surface area contributed by atoms with Crippen LogP contribution in [0.2, 0.25) is 0 Å². The fraction of sp³-hybridized carbons (Fsp3) is 0.261. The number of para-hydroxylation sites is 1. The van der Waals surface area contributed by atoms with Gasteiger partial charge in [0.2, 0.25) is 0 Å². The maximum atomic E-state index is 12.6. The van der Waals surface area contributed by atoms with E-state index in [0.717, 1.165) is 28.6 Å². The highest BCUT2D eigenvalue weighted by Gasteiger charge is 2.26. The monoisotopic (exact) mass is 471 g/mol. The summed E-state index contributed by atoms with van der Waals surface area (Å²) in [4.78, 5) is 27.9. The Morgan fingerprint density at radius 1 is 0.943 bits per heavy atom. The van der Waals surface area contributed by atoms with Crippen molar-refractivity contribution in [3.8, 4) is 5.69 Å². The first kappa shape index (κ1) is 22.2. The van der Waals surface area contributed by atoms with Gasteiger partial charge in [0.25, 0.3) is 5.91 Å². The molecule has 0 saturated carbocycles. The van der Waals surface area contributed by atoms with Gasteiger partial charge in [-0.1, -0.05) is 6.07 Å². The molecule has 1 aliphatic rings. The first-order chi connectivity index (χ1) is 16.8. The van der Waals surface area contributed by atoms with Crippen LogP contribution in [0.1, 0.15) is 33.7 Å². The van der Waals surface area contributed by atoms with Crippen LogP contribution in [0.15, 0.2) is 30.3 Å². The Morgan fingerprint density at radius 2 is 1.77 bits per heavy atom. The van der Waals surface area contributed by atoms with Gasteiger partial charge >= 0.3 is 0 Å². The van der Waals surface area contributed by atoms with Crippen molar-refractivity contribution in [2.24, 2.45) is 0 Å². The fourth-order valence-corrected chi connectivity index (χ4v) is 4.14. The van der Waals surface area contributed by atoms with Crippen molar-refractivity contribution >= 4 is 34.6 Å². The molecule has 5 rings (SSSR count). The molecular formula is C23H25N11O.